The van der Waals surface area contributed by atoms with Crippen LogP contribution in [0.1, 0.15) is 24.5 Å². The number of rotatable bonds is 3. The van der Waals surface area contributed by atoms with Crippen molar-refractivity contribution in [2.75, 3.05) is 39.3 Å². The van der Waals surface area contributed by atoms with Crippen LogP contribution in [-0.4, -0.2) is 78.0 Å². The molecule has 0 unspecified atom stereocenters. The zero-order valence-corrected chi connectivity index (χ0v) is 17.4. The highest BCUT2D eigenvalue weighted by Crippen LogP contribution is 2.42. The second-order valence-electron chi connectivity index (χ2n) is 7.60. The van der Waals surface area contributed by atoms with E-state index in [1.165, 1.54) is 4.90 Å². The maximum absolute atomic E-state index is 13.2. The second-order valence-corrected chi connectivity index (χ2v) is 8.03. The Bertz CT molecular complexity index is 914. The summed E-state index contributed by atoms with van der Waals surface area (Å²) >= 11 is 6.05. The Morgan fingerprint density at radius 3 is 2.57 bits per heavy atom. The molecular formula is C20H23ClN4O5. The molecule has 1 atom stereocenters. The number of imide groups is 1. The van der Waals surface area contributed by atoms with Crippen molar-refractivity contribution in [2.45, 2.75) is 25.3 Å². The van der Waals surface area contributed by atoms with Gasteiger partial charge in [0.25, 0.3) is 5.91 Å². The van der Waals surface area contributed by atoms with Crippen molar-refractivity contribution in [1.29, 1.82) is 0 Å². The van der Waals surface area contributed by atoms with Crippen LogP contribution in [0.4, 0.5) is 9.59 Å². The number of nitrogens with zero attached hydrogens (tertiary/aromatic N) is 3. The van der Waals surface area contributed by atoms with E-state index in [9.17, 15) is 19.2 Å². The van der Waals surface area contributed by atoms with Crippen LogP contribution in [0.5, 0.6) is 0 Å². The van der Waals surface area contributed by atoms with Gasteiger partial charge < -0.3 is 19.9 Å². The molecule has 5 amide bonds. The van der Waals surface area contributed by atoms with Gasteiger partial charge in [-0.15, -0.1) is 0 Å². The molecule has 10 heteroatoms. The number of urea groups is 1. The number of nitrogens with one attached hydrogen (secondary N) is 1. The first-order valence-corrected chi connectivity index (χ1v) is 10.4. The van der Waals surface area contributed by atoms with Gasteiger partial charge in [-0.25, -0.2) is 9.59 Å². The molecular weight excluding hydrogens is 412 g/mol. The van der Waals surface area contributed by atoms with E-state index in [2.05, 4.69) is 5.32 Å². The first-order chi connectivity index (χ1) is 14.4. The summed E-state index contributed by atoms with van der Waals surface area (Å²) in [7, 11) is 0. The first-order valence-electron chi connectivity index (χ1n) is 9.98. The Hall–Kier alpha value is -2.81. The Labute approximate surface area is 178 Å². The van der Waals surface area contributed by atoms with Crippen LogP contribution in [0, 0.1) is 0 Å². The summed E-state index contributed by atoms with van der Waals surface area (Å²) in [4.78, 5) is 54.4. The van der Waals surface area contributed by atoms with E-state index in [4.69, 9.17) is 16.3 Å². The molecule has 2 aliphatic heterocycles. The predicted octanol–water partition coefficient (Wildman–Crippen LogP) is 1.33. The Balaban J connectivity index is 1.42. The molecule has 1 aliphatic carbocycles. The molecule has 1 aromatic rings. The van der Waals surface area contributed by atoms with Gasteiger partial charge in [0.2, 0.25) is 5.91 Å². The van der Waals surface area contributed by atoms with Crippen molar-refractivity contribution >= 4 is 35.5 Å². The Kier molecular flexibility index (Phi) is 5.31. The van der Waals surface area contributed by atoms with E-state index in [1.54, 1.807) is 24.0 Å². The highest BCUT2D eigenvalue weighted by molar-refractivity contribution is 6.30. The van der Waals surface area contributed by atoms with Gasteiger partial charge >= 0.3 is 12.1 Å². The Morgan fingerprint density at radius 2 is 1.87 bits per heavy atom. The minimum absolute atomic E-state index is 0.293. The fourth-order valence-electron chi connectivity index (χ4n) is 4.35. The zero-order valence-electron chi connectivity index (χ0n) is 16.6. The van der Waals surface area contributed by atoms with E-state index >= 15 is 0 Å². The molecule has 0 radical (unpaired) electrons. The molecule has 3 aliphatic rings. The number of piperazine rings is 1. The van der Waals surface area contributed by atoms with E-state index in [1.807, 2.05) is 6.07 Å². The SMILES string of the molecule is CCOC(=O)N1CCN(C(=O)CN2C(=O)N[C@@]3(CCc4cc(Cl)ccc43)C2=O)CC1. The van der Waals surface area contributed by atoms with Gasteiger partial charge in [-0.05, 0) is 43.0 Å². The third-order valence-electron chi connectivity index (χ3n) is 5.92. The van der Waals surface area contributed by atoms with Crippen molar-refractivity contribution in [3.05, 3.63) is 34.3 Å². The van der Waals surface area contributed by atoms with E-state index in [0.717, 1.165) is 16.0 Å². The van der Waals surface area contributed by atoms with Crippen molar-refractivity contribution in [2.24, 2.45) is 0 Å². The molecule has 160 valence electrons. The summed E-state index contributed by atoms with van der Waals surface area (Å²) in [5.74, 6) is -0.736. The summed E-state index contributed by atoms with van der Waals surface area (Å²) in [6.07, 6.45) is 0.663. The van der Waals surface area contributed by atoms with Gasteiger partial charge in [0.05, 0.1) is 6.61 Å². The Morgan fingerprint density at radius 1 is 1.17 bits per heavy atom. The number of fused-ring (bicyclic) bond motifs is 2. The monoisotopic (exact) mass is 434 g/mol. The van der Waals surface area contributed by atoms with Crippen molar-refractivity contribution in [3.8, 4) is 0 Å². The fraction of sp³-hybridized carbons (Fsp3) is 0.500. The smallest absolute Gasteiger partial charge is 0.409 e. The van der Waals surface area contributed by atoms with Gasteiger partial charge in [-0.3, -0.25) is 14.5 Å². The molecule has 0 aromatic heterocycles. The van der Waals surface area contributed by atoms with Crippen molar-refractivity contribution in [1.82, 2.24) is 20.0 Å². The predicted molar refractivity (Wildman–Crippen MR) is 107 cm³/mol. The van der Waals surface area contributed by atoms with Gasteiger partial charge in [0.15, 0.2) is 0 Å². The minimum atomic E-state index is -1.13. The van der Waals surface area contributed by atoms with Gasteiger partial charge in [0.1, 0.15) is 12.1 Å². The summed E-state index contributed by atoms with van der Waals surface area (Å²) in [6.45, 7) is 3.06. The fourth-order valence-corrected chi connectivity index (χ4v) is 4.55. The molecule has 30 heavy (non-hydrogen) atoms. The van der Waals surface area contributed by atoms with Crippen LogP contribution in [0.2, 0.25) is 5.02 Å². The topological polar surface area (TPSA) is 99.3 Å². The van der Waals surface area contributed by atoms with Crippen LogP contribution < -0.4 is 5.32 Å². The lowest BCUT2D eigenvalue weighted by Gasteiger charge is -2.34. The molecule has 2 fully saturated rings. The molecule has 4 rings (SSSR count). The third kappa shape index (κ3) is 3.36. The average molecular weight is 435 g/mol. The minimum Gasteiger partial charge on any atom is -0.450 e. The number of aryl methyl sites for hydroxylation is 1. The average Bonchev–Trinajstić information content (AvgIpc) is 3.20. The highest BCUT2D eigenvalue weighted by Gasteiger charge is 2.55. The molecule has 0 bridgehead atoms. The number of halogens is 1. The number of hydrogen-bond acceptors (Lipinski definition) is 5. The maximum atomic E-state index is 13.2. The second kappa shape index (κ2) is 7.79. The summed E-state index contributed by atoms with van der Waals surface area (Å²) in [5.41, 5.74) is 0.544. The quantitative estimate of drug-likeness (QED) is 0.723. The number of carbonyl (C=O) groups excluding carboxylic acids is 4. The lowest BCUT2D eigenvalue weighted by Crippen LogP contribution is -2.53. The normalized spacial score (nSPS) is 23.1. The van der Waals surface area contributed by atoms with Crippen molar-refractivity contribution < 1.29 is 23.9 Å². The van der Waals surface area contributed by atoms with Crippen LogP contribution >= 0.6 is 11.6 Å². The number of benzene rings is 1. The maximum Gasteiger partial charge on any atom is 0.409 e. The standard InChI is InChI=1S/C20H23ClN4O5/c1-2-30-19(29)24-9-7-23(8-10-24)16(26)12-25-17(27)20(22-18(25)28)6-5-13-11-14(21)3-4-15(13)20/h3-4,11H,2,5-10,12H2,1H3,(H,22,28)/t20-/m1/s1. The molecule has 1 N–H and O–H groups in total. The first kappa shape index (κ1) is 20.5. The van der Waals surface area contributed by atoms with E-state index in [-0.39, 0.29) is 12.5 Å². The number of amides is 5. The largest absolute Gasteiger partial charge is 0.450 e. The van der Waals surface area contributed by atoms with Gasteiger partial charge in [-0.2, -0.15) is 0 Å². The van der Waals surface area contributed by atoms with Crippen LogP contribution in [-0.2, 0) is 26.3 Å². The number of carbonyl (C=O) groups is 4. The summed E-state index contributed by atoms with van der Waals surface area (Å²) in [6, 6.07) is 4.70. The lowest BCUT2D eigenvalue weighted by atomic mass is 9.92. The van der Waals surface area contributed by atoms with E-state index in [0.29, 0.717) is 50.7 Å². The number of hydrogen-bond donors (Lipinski definition) is 1. The van der Waals surface area contributed by atoms with Gasteiger partial charge in [-0.1, -0.05) is 17.7 Å². The highest BCUT2D eigenvalue weighted by atomic mass is 35.5. The molecule has 2 saturated heterocycles. The number of ether oxygens (including phenoxy) is 1. The summed E-state index contributed by atoms with van der Waals surface area (Å²) in [5, 5.41) is 3.38. The summed E-state index contributed by atoms with van der Waals surface area (Å²) < 4.78 is 4.97. The van der Waals surface area contributed by atoms with Crippen molar-refractivity contribution in [3.63, 3.8) is 0 Å². The molecule has 1 spiro atoms. The lowest BCUT2D eigenvalue weighted by molar-refractivity contribution is -0.140. The van der Waals surface area contributed by atoms with Crippen LogP contribution in [0.3, 0.4) is 0 Å². The van der Waals surface area contributed by atoms with E-state index < -0.39 is 23.6 Å². The zero-order chi connectivity index (χ0) is 21.5. The van der Waals surface area contributed by atoms with Gasteiger partial charge in [0, 0.05) is 31.2 Å². The third-order valence-corrected chi connectivity index (χ3v) is 6.16. The molecule has 0 saturated carbocycles. The molecule has 9 nitrogen and oxygen atoms in total. The van der Waals surface area contributed by atoms with Crippen LogP contribution in [0.15, 0.2) is 18.2 Å². The molecule has 2 heterocycles. The van der Waals surface area contributed by atoms with Crippen LogP contribution in [0.25, 0.3) is 0 Å². The molecule has 1 aromatic carbocycles.